The first kappa shape index (κ1) is 17.5. The standard InChI is InChI=1S/C15H16Cl2N4O2/c1-23-9-3-7-18-15-19-8-6-12(21-15)14(22)20-11-5-2-4-10(16)13(11)17/h2,4-6,8H,3,7,9H2,1H3,(H,20,22)(H,18,19,21). The van der Waals surface area contributed by atoms with Crippen LogP contribution in [0.3, 0.4) is 0 Å². The quantitative estimate of drug-likeness (QED) is 0.744. The van der Waals surface area contributed by atoms with E-state index in [1.54, 1.807) is 25.3 Å². The Morgan fingerprint density at radius 3 is 2.91 bits per heavy atom. The number of hydrogen-bond acceptors (Lipinski definition) is 5. The summed E-state index contributed by atoms with van der Waals surface area (Å²) in [5.74, 6) is -0.0116. The highest BCUT2D eigenvalue weighted by molar-refractivity contribution is 6.44. The molecule has 0 saturated carbocycles. The van der Waals surface area contributed by atoms with E-state index in [9.17, 15) is 4.79 Å². The van der Waals surface area contributed by atoms with Crippen molar-refractivity contribution in [2.75, 3.05) is 30.9 Å². The zero-order chi connectivity index (χ0) is 16.7. The highest BCUT2D eigenvalue weighted by Gasteiger charge is 2.12. The average Bonchev–Trinajstić information content (AvgIpc) is 2.56. The summed E-state index contributed by atoms with van der Waals surface area (Å²) in [7, 11) is 1.64. The molecule has 122 valence electrons. The number of nitrogens with zero attached hydrogens (tertiary/aromatic N) is 2. The van der Waals surface area contributed by atoms with Gasteiger partial charge in [0.2, 0.25) is 5.95 Å². The Hall–Kier alpha value is -1.89. The molecule has 1 aromatic heterocycles. The van der Waals surface area contributed by atoms with Gasteiger partial charge in [0.15, 0.2) is 0 Å². The number of anilines is 2. The largest absolute Gasteiger partial charge is 0.385 e. The first-order valence-electron chi connectivity index (χ1n) is 6.93. The molecule has 0 radical (unpaired) electrons. The Morgan fingerprint density at radius 2 is 2.13 bits per heavy atom. The number of carbonyl (C=O) groups excluding carboxylic acids is 1. The summed E-state index contributed by atoms with van der Waals surface area (Å²) in [6.07, 6.45) is 2.33. The van der Waals surface area contributed by atoms with Crippen LogP contribution in [0.25, 0.3) is 0 Å². The van der Waals surface area contributed by atoms with Gasteiger partial charge in [-0.25, -0.2) is 9.97 Å². The fraction of sp³-hybridized carbons (Fsp3) is 0.267. The van der Waals surface area contributed by atoms with E-state index in [0.717, 1.165) is 6.42 Å². The van der Waals surface area contributed by atoms with E-state index in [4.69, 9.17) is 27.9 Å². The van der Waals surface area contributed by atoms with Crippen LogP contribution in [0.1, 0.15) is 16.9 Å². The topological polar surface area (TPSA) is 76.1 Å². The third-order valence-electron chi connectivity index (χ3n) is 2.90. The monoisotopic (exact) mass is 354 g/mol. The van der Waals surface area contributed by atoms with Crippen molar-refractivity contribution in [3.05, 3.63) is 46.2 Å². The number of amides is 1. The number of nitrogens with one attached hydrogen (secondary N) is 2. The van der Waals surface area contributed by atoms with E-state index >= 15 is 0 Å². The highest BCUT2D eigenvalue weighted by atomic mass is 35.5. The molecule has 1 amide bonds. The summed E-state index contributed by atoms with van der Waals surface area (Å²) in [6, 6.07) is 6.53. The second-order valence-corrected chi connectivity index (χ2v) is 5.38. The van der Waals surface area contributed by atoms with Gasteiger partial charge in [0.05, 0.1) is 15.7 Å². The molecule has 2 aromatic rings. The first-order chi connectivity index (χ1) is 11.1. The van der Waals surface area contributed by atoms with Gasteiger partial charge in [0.25, 0.3) is 5.91 Å². The van der Waals surface area contributed by atoms with Crippen LogP contribution in [-0.2, 0) is 4.74 Å². The van der Waals surface area contributed by atoms with E-state index in [0.29, 0.717) is 29.8 Å². The van der Waals surface area contributed by atoms with E-state index in [-0.39, 0.29) is 10.7 Å². The van der Waals surface area contributed by atoms with E-state index in [1.807, 2.05) is 0 Å². The molecule has 0 aliphatic heterocycles. The maximum absolute atomic E-state index is 12.3. The van der Waals surface area contributed by atoms with E-state index in [1.165, 1.54) is 12.3 Å². The number of methoxy groups -OCH3 is 1. The van der Waals surface area contributed by atoms with E-state index in [2.05, 4.69) is 20.6 Å². The van der Waals surface area contributed by atoms with Gasteiger partial charge in [0.1, 0.15) is 5.69 Å². The lowest BCUT2D eigenvalue weighted by atomic mass is 10.3. The van der Waals surface area contributed by atoms with Crippen molar-refractivity contribution >= 4 is 40.7 Å². The molecule has 0 aliphatic carbocycles. The lowest BCUT2D eigenvalue weighted by Crippen LogP contribution is -2.16. The summed E-state index contributed by atoms with van der Waals surface area (Å²) in [5.41, 5.74) is 0.655. The van der Waals surface area contributed by atoms with Gasteiger partial charge in [0, 0.05) is 26.5 Å². The van der Waals surface area contributed by atoms with Gasteiger partial charge in [-0.15, -0.1) is 0 Å². The number of ether oxygens (including phenoxy) is 1. The Balaban J connectivity index is 2.03. The maximum Gasteiger partial charge on any atom is 0.274 e. The lowest BCUT2D eigenvalue weighted by molar-refractivity contribution is 0.102. The lowest BCUT2D eigenvalue weighted by Gasteiger charge is -2.09. The number of carbonyl (C=O) groups is 1. The molecule has 1 aromatic carbocycles. The van der Waals surface area contributed by atoms with Crippen LogP contribution >= 0.6 is 23.2 Å². The molecule has 6 nitrogen and oxygen atoms in total. The summed E-state index contributed by atoms with van der Waals surface area (Å²) < 4.78 is 4.96. The average molecular weight is 355 g/mol. The Morgan fingerprint density at radius 1 is 1.30 bits per heavy atom. The van der Waals surface area contributed by atoms with Crippen LogP contribution in [0.2, 0.25) is 10.0 Å². The van der Waals surface area contributed by atoms with Gasteiger partial charge >= 0.3 is 0 Å². The highest BCUT2D eigenvalue weighted by Crippen LogP contribution is 2.29. The molecule has 0 aliphatic rings. The Labute approximate surface area is 144 Å². The molecular formula is C15H16Cl2N4O2. The Bertz CT molecular complexity index is 682. The first-order valence-corrected chi connectivity index (χ1v) is 7.68. The number of halogens is 2. The molecular weight excluding hydrogens is 339 g/mol. The molecule has 0 saturated heterocycles. The van der Waals surface area contributed by atoms with Gasteiger partial charge in [-0.3, -0.25) is 4.79 Å². The minimum atomic E-state index is -0.392. The van der Waals surface area contributed by atoms with Gasteiger partial charge < -0.3 is 15.4 Å². The van der Waals surface area contributed by atoms with Crippen molar-refractivity contribution in [3.8, 4) is 0 Å². The fourth-order valence-electron chi connectivity index (χ4n) is 1.77. The maximum atomic E-state index is 12.3. The predicted molar refractivity (Wildman–Crippen MR) is 91.4 cm³/mol. The second-order valence-electron chi connectivity index (χ2n) is 4.59. The van der Waals surface area contributed by atoms with Crippen molar-refractivity contribution in [2.24, 2.45) is 0 Å². The van der Waals surface area contributed by atoms with Crippen molar-refractivity contribution in [2.45, 2.75) is 6.42 Å². The molecule has 0 fully saturated rings. The van der Waals surface area contributed by atoms with Gasteiger partial charge in [-0.05, 0) is 24.6 Å². The van der Waals surface area contributed by atoms with Crippen LogP contribution in [0, 0.1) is 0 Å². The van der Waals surface area contributed by atoms with Crippen LogP contribution in [0.15, 0.2) is 30.5 Å². The Kier molecular flexibility index (Phi) is 6.58. The molecule has 23 heavy (non-hydrogen) atoms. The smallest absolute Gasteiger partial charge is 0.274 e. The van der Waals surface area contributed by atoms with Gasteiger partial charge in [-0.1, -0.05) is 29.3 Å². The van der Waals surface area contributed by atoms with Crippen LogP contribution < -0.4 is 10.6 Å². The minimum Gasteiger partial charge on any atom is -0.385 e. The van der Waals surface area contributed by atoms with Gasteiger partial charge in [-0.2, -0.15) is 0 Å². The summed E-state index contributed by atoms with van der Waals surface area (Å²) >= 11 is 12.0. The number of aromatic nitrogens is 2. The molecule has 2 rings (SSSR count). The van der Waals surface area contributed by atoms with Crippen LogP contribution in [-0.4, -0.2) is 36.1 Å². The zero-order valence-corrected chi connectivity index (χ0v) is 14.0. The SMILES string of the molecule is COCCCNc1nccc(C(=O)Nc2cccc(Cl)c2Cl)n1. The molecule has 0 spiro atoms. The van der Waals surface area contributed by atoms with E-state index < -0.39 is 5.91 Å². The van der Waals surface area contributed by atoms with Crippen molar-refractivity contribution < 1.29 is 9.53 Å². The van der Waals surface area contributed by atoms with Crippen LogP contribution in [0.5, 0.6) is 0 Å². The molecule has 8 heteroatoms. The summed E-state index contributed by atoms with van der Waals surface area (Å²) in [5, 5.41) is 6.36. The van der Waals surface area contributed by atoms with Crippen molar-refractivity contribution in [1.82, 2.24) is 9.97 Å². The predicted octanol–water partition coefficient (Wildman–Crippen LogP) is 3.48. The molecule has 2 N–H and O–H groups in total. The fourth-order valence-corrected chi connectivity index (χ4v) is 2.12. The molecule has 0 atom stereocenters. The third-order valence-corrected chi connectivity index (χ3v) is 3.72. The van der Waals surface area contributed by atoms with Crippen molar-refractivity contribution in [1.29, 1.82) is 0 Å². The zero-order valence-electron chi connectivity index (χ0n) is 12.5. The number of hydrogen-bond donors (Lipinski definition) is 2. The minimum absolute atomic E-state index is 0.227. The van der Waals surface area contributed by atoms with Crippen LogP contribution in [0.4, 0.5) is 11.6 Å². The number of benzene rings is 1. The summed E-state index contributed by atoms with van der Waals surface area (Å²) in [6.45, 7) is 1.29. The number of rotatable bonds is 7. The molecule has 1 heterocycles. The summed E-state index contributed by atoms with van der Waals surface area (Å²) in [4.78, 5) is 20.5. The molecule has 0 bridgehead atoms. The molecule has 0 unspecified atom stereocenters. The third kappa shape index (κ3) is 5.06. The second kappa shape index (κ2) is 8.67. The normalized spacial score (nSPS) is 10.4. The van der Waals surface area contributed by atoms with Crippen molar-refractivity contribution in [3.63, 3.8) is 0 Å².